The second-order valence-electron chi connectivity index (χ2n) is 4.35. The van der Waals surface area contributed by atoms with E-state index < -0.39 is 37.9 Å². The monoisotopic (exact) mass is 281 g/mol. The Kier molecular flexibility index (Phi) is 5.38. The summed E-state index contributed by atoms with van der Waals surface area (Å²) >= 11 is 0. The van der Waals surface area contributed by atoms with Gasteiger partial charge in [-0.15, -0.1) is 0 Å². The van der Waals surface area contributed by atoms with E-state index in [0.717, 1.165) is 4.90 Å². The first-order chi connectivity index (χ1) is 6.71. The van der Waals surface area contributed by atoms with Crippen molar-refractivity contribution in [3.8, 4) is 0 Å². The van der Waals surface area contributed by atoms with Crippen molar-refractivity contribution in [2.45, 2.75) is 36.4 Å². The number of carboxylic acid groups (broad SMARTS) is 1. The van der Waals surface area contributed by atoms with Crippen LogP contribution in [0.3, 0.4) is 0 Å². The number of carbonyl (C=O) groups is 2. The number of hydrogen-bond donors (Lipinski definition) is 1. The Balaban J connectivity index is 0.00000128. The maximum absolute atomic E-state index is 11.9. The number of amides is 1. The number of rotatable bonds is 1. The van der Waals surface area contributed by atoms with Crippen molar-refractivity contribution in [3.63, 3.8) is 0 Å². The Morgan fingerprint density at radius 2 is 1.88 bits per heavy atom. The van der Waals surface area contributed by atoms with Crippen LogP contribution in [0.5, 0.6) is 0 Å². The number of sulfone groups is 1. The van der Waals surface area contributed by atoms with Gasteiger partial charge in [-0.2, -0.15) is 0 Å². The molecule has 0 spiro atoms. The quantitative estimate of drug-likeness (QED) is 0.439. The Labute approximate surface area is 144 Å². The summed E-state index contributed by atoms with van der Waals surface area (Å²) in [4.78, 5) is 23.2. The second-order valence-corrected chi connectivity index (χ2v) is 7.04. The predicted octanol–water partition coefficient (Wildman–Crippen LogP) is -2.09. The molecule has 2 atom stereocenters. The number of carbonyl (C=O) groups excluding carboxylic acids is 1. The molecule has 0 aromatic rings. The standard InChI is InChI=1S/C8H11NO5S.2Na.2H/c1-8(2)6(7(11)12)9-4(10)3-5(9)15(8,13)14;;;;/h5-6H,3H2,1-2H3,(H,11,12);;;;/t5-,6+;;;;/m1..../s1. The zero-order chi connectivity index (χ0) is 11.6. The zero-order valence-electron chi connectivity index (χ0n) is 8.30. The molecule has 17 heavy (non-hydrogen) atoms. The Morgan fingerprint density at radius 1 is 1.41 bits per heavy atom. The normalized spacial score (nSPS) is 31.6. The van der Waals surface area contributed by atoms with E-state index in [4.69, 9.17) is 5.11 Å². The summed E-state index contributed by atoms with van der Waals surface area (Å²) in [7, 11) is -3.57. The fraction of sp³-hybridized carbons (Fsp3) is 0.750. The van der Waals surface area contributed by atoms with Gasteiger partial charge in [0.15, 0.2) is 9.84 Å². The first-order valence-corrected chi connectivity index (χ1v) is 6.03. The number of β-lactam (4-membered cyclic amide) rings is 1. The van der Waals surface area contributed by atoms with Crippen LogP contribution in [-0.2, 0) is 19.4 Å². The summed E-state index contributed by atoms with van der Waals surface area (Å²) < 4.78 is 22.4. The SMILES string of the molecule is CC1(C)[C@H](C(=O)O)N2C(=O)C[C@H]2S1(=O)=O.[NaH].[NaH]. The average Bonchev–Trinajstić information content (AvgIpc) is 2.19. The fourth-order valence-electron chi connectivity index (χ4n) is 2.23. The van der Waals surface area contributed by atoms with E-state index in [9.17, 15) is 18.0 Å². The first-order valence-electron chi connectivity index (χ1n) is 4.48. The van der Waals surface area contributed by atoms with Gasteiger partial charge < -0.3 is 10.0 Å². The summed E-state index contributed by atoms with van der Waals surface area (Å²) in [6.07, 6.45) is -0.0878. The van der Waals surface area contributed by atoms with Gasteiger partial charge in [-0.25, -0.2) is 13.2 Å². The van der Waals surface area contributed by atoms with E-state index in [2.05, 4.69) is 0 Å². The molecule has 2 rings (SSSR count). The number of hydrogen-bond acceptors (Lipinski definition) is 4. The molecule has 0 aromatic heterocycles. The third kappa shape index (κ3) is 2.13. The van der Waals surface area contributed by atoms with Crippen LogP contribution in [0.25, 0.3) is 0 Å². The number of nitrogens with zero attached hydrogens (tertiary/aromatic N) is 1. The van der Waals surface area contributed by atoms with Crippen molar-refractivity contribution in [1.29, 1.82) is 0 Å². The van der Waals surface area contributed by atoms with Gasteiger partial charge in [-0.1, -0.05) is 0 Å². The molecule has 1 amide bonds. The molecule has 0 aromatic carbocycles. The predicted molar refractivity (Wildman–Crippen MR) is 64.0 cm³/mol. The van der Waals surface area contributed by atoms with E-state index >= 15 is 0 Å². The Morgan fingerprint density at radius 3 is 2.18 bits per heavy atom. The fourth-order valence-corrected chi connectivity index (χ4v) is 4.36. The van der Waals surface area contributed by atoms with Gasteiger partial charge >= 0.3 is 65.1 Å². The third-order valence-corrected chi connectivity index (χ3v) is 6.01. The van der Waals surface area contributed by atoms with Gasteiger partial charge in [0, 0.05) is 0 Å². The van der Waals surface area contributed by atoms with Crippen LogP contribution in [0.2, 0.25) is 0 Å². The minimum atomic E-state index is -3.57. The van der Waals surface area contributed by atoms with E-state index in [-0.39, 0.29) is 65.5 Å². The molecule has 2 aliphatic heterocycles. The van der Waals surface area contributed by atoms with Crippen LogP contribution in [0.4, 0.5) is 0 Å². The summed E-state index contributed by atoms with van der Waals surface area (Å²) in [5.41, 5.74) is 0. The molecule has 0 bridgehead atoms. The molecule has 0 radical (unpaired) electrons. The van der Waals surface area contributed by atoms with Crippen molar-refractivity contribution < 1.29 is 23.1 Å². The number of aliphatic carboxylic acids is 1. The molecule has 88 valence electrons. The first kappa shape index (κ1) is 17.9. The Bertz CT molecular complexity index is 461. The maximum atomic E-state index is 11.9. The van der Waals surface area contributed by atoms with E-state index in [1.165, 1.54) is 13.8 Å². The summed E-state index contributed by atoms with van der Waals surface area (Å²) in [5, 5.41) is 8.03. The molecule has 2 heterocycles. The van der Waals surface area contributed by atoms with Gasteiger partial charge in [0.1, 0.15) is 11.4 Å². The van der Waals surface area contributed by atoms with Gasteiger partial charge in [-0.05, 0) is 13.8 Å². The van der Waals surface area contributed by atoms with E-state index in [1.807, 2.05) is 0 Å². The van der Waals surface area contributed by atoms with Crippen LogP contribution in [0, 0.1) is 0 Å². The third-order valence-electron chi connectivity index (χ3n) is 3.21. The van der Waals surface area contributed by atoms with Gasteiger partial charge in [-0.3, -0.25) is 4.79 Å². The van der Waals surface area contributed by atoms with Gasteiger partial charge in [0.25, 0.3) is 0 Å². The molecule has 9 heteroatoms. The van der Waals surface area contributed by atoms with Gasteiger partial charge in [0.05, 0.1) is 11.2 Å². The molecule has 6 nitrogen and oxygen atoms in total. The van der Waals surface area contributed by atoms with E-state index in [1.54, 1.807) is 0 Å². The molecule has 0 saturated carbocycles. The average molecular weight is 281 g/mol. The summed E-state index contributed by atoms with van der Waals surface area (Å²) in [5.74, 6) is -1.67. The van der Waals surface area contributed by atoms with E-state index in [0.29, 0.717) is 0 Å². The summed E-state index contributed by atoms with van der Waals surface area (Å²) in [6, 6.07) is -1.26. The summed E-state index contributed by atoms with van der Waals surface area (Å²) in [6.45, 7) is 2.71. The molecule has 2 saturated heterocycles. The van der Waals surface area contributed by atoms with Crippen LogP contribution in [-0.4, -0.2) is 106 Å². The van der Waals surface area contributed by atoms with Crippen molar-refractivity contribution in [2.24, 2.45) is 0 Å². The van der Waals surface area contributed by atoms with Crippen molar-refractivity contribution in [3.05, 3.63) is 0 Å². The molecular weight excluding hydrogens is 268 g/mol. The molecule has 2 fully saturated rings. The molecule has 0 unspecified atom stereocenters. The molecule has 0 aliphatic carbocycles. The van der Waals surface area contributed by atoms with Crippen LogP contribution in [0.15, 0.2) is 0 Å². The zero-order valence-corrected chi connectivity index (χ0v) is 9.11. The number of fused-ring (bicyclic) bond motifs is 1. The molecular formula is C8H13NNa2O5S. The molecule has 1 N–H and O–H groups in total. The molecule has 2 aliphatic rings. The Hall–Kier alpha value is 0.890. The van der Waals surface area contributed by atoms with Crippen molar-refractivity contribution in [2.75, 3.05) is 0 Å². The minimum absolute atomic E-state index is 0. The van der Waals surface area contributed by atoms with Crippen LogP contribution >= 0.6 is 0 Å². The van der Waals surface area contributed by atoms with Crippen LogP contribution in [0.1, 0.15) is 20.3 Å². The topological polar surface area (TPSA) is 91.8 Å². The second kappa shape index (κ2) is 5.11. The van der Waals surface area contributed by atoms with Crippen LogP contribution < -0.4 is 0 Å². The van der Waals surface area contributed by atoms with Crippen molar-refractivity contribution >= 4 is 80.8 Å². The van der Waals surface area contributed by atoms with Crippen molar-refractivity contribution in [1.82, 2.24) is 4.90 Å². The van der Waals surface area contributed by atoms with Gasteiger partial charge in [0.2, 0.25) is 5.91 Å². The number of carboxylic acids is 1.